The maximum atomic E-state index is 9.21. The van der Waals surface area contributed by atoms with Gasteiger partial charge in [0.1, 0.15) is 5.75 Å². The molecule has 1 aliphatic rings. The van der Waals surface area contributed by atoms with Crippen LogP contribution >= 0.6 is 0 Å². The summed E-state index contributed by atoms with van der Waals surface area (Å²) in [6, 6.07) is 17.8. The molecule has 0 saturated heterocycles. The summed E-state index contributed by atoms with van der Waals surface area (Å²) in [7, 11) is 1.72. The van der Waals surface area contributed by atoms with E-state index in [0.29, 0.717) is 12.1 Å². The highest BCUT2D eigenvalue weighted by molar-refractivity contribution is 5.38. The van der Waals surface area contributed by atoms with Crippen molar-refractivity contribution in [2.75, 3.05) is 13.7 Å². The SMILES string of the molecule is COc1ccc2c(c1)CC(NC(CCCO)c1ccccc1)CC2. The third-order valence-electron chi connectivity index (χ3n) is 4.93. The van der Waals surface area contributed by atoms with Crippen molar-refractivity contribution in [1.82, 2.24) is 5.32 Å². The standard InChI is InChI=1S/C21H27NO2/c1-24-20-12-10-16-9-11-19(14-18(16)15-20)22-21(8-5-13-23)17-6-3-2-4-7-17/h2-4,6-7,10,12,15,19,21-23H,5,8-9,11,13-14H2,1H3. The number of nitrogens with one attached hydrogen (secondary N) is 1. The second-order valence-electron chi connectivity index (χ2n) is 6.57. The molecule has 0 radical (unpaired) electrons. The molecule has 3 rings (SSSR count). The topological polar surface area (TPSA) is 41.5 Å². The summed E-state index contributed by atoms with van der Waals surface area (Å²) in [5.41, 5.74) is 4.15. The lowest BCUT2D eigenvalue weighted by molar-refractivity contribution is 0.269. The van der Waals surface area contributed by atoms with E-state index in [-0.39, 0.29) is 6.61 Å². The van der Waals surface area contributed by atoms with Crippen LogP contribution in [0.4, 0.5) is 0 Å². The molecule has 0 amide bonds. The highest BCUT2D eigenvalue weighted by Gasteiger charge is 2.22. The first-order valence-electron chi connectivity index (χ1n) is 8.88. The zero-order chi connectivity index (χ0) is 16.8. The van der Waals surface area contributed by atoms with E-state index in [4.69, 9.17) is 4.74 Å². The minimum absolute atomic E-state index is 0.246. The number of hydrogen-bond acceptors (Lipinski definition) is 3. The number of rotatable bonds is 7. The molecule has 0 heterocycles. The first-order chi connectivity index (χ1) is 11.8. The van der Waals surface area contributed by atoms with E-state index in [9.17, 15) is 5.11 Å². The number of aliphatic hydroxyl groups excluding tert-OH is 1. The van der Waals surface area contributed by atoms with Gasteiger partial charge in [-0.1, -0.05) is 36.4 Å². The van der Waals surface area contributed by atoms with Crippen LogP contribution in [0.15, 0.2) is 48.5 Å². The number of hydrogen-bond donors (Lipinski definition) is 2. The number of ether oxygens (including phenoxy) is 1. The van der Waals surface area contributed by atoms with Gasteiger partial charge in [-0.15, -0.1) is 0 Å². The van der Waals surface area contributed by atoms with Crippen molar-refractivity contribution in [1.29, 1.82) is 0 Å². The van der Waals surface area contributed by atoms with Crippen molar-refractivity contribution in [3.8, 4) is 5.75 Å². The number of aryl methyl sites for hydroxylation is 1. The molecule has 0 aromatic heterocycles. The van der Waals surface area contributed by atoms with Crippen LogP contribution in [0.2, 0.25) is 0 Å². The Morgan fingerprint density at radius 3 is 2.75 bits per heavy atom. The summed E-state index contributed by atoms with van der Waals surface area (Å²) in [5, 5.41) is 13.0. The van der Waals surface area contributed by atoms with Gasteiger partial charge in [-0.25, -0.2) is 0 Å². The van der Waals surface area contributed by atoms with E-state index in [1.54, 1.807) is 7.11 Å². The molecule has 0 aliphatic heterocycles. The van der Waals surface area contributed by atoms with Gasteiger partial charge in [0.2, 0.25) is 0 Å². The van der Waals surface area contributed by atoms with Gasteiger partial charge in [-0.3, -0.25) is 0 Å². The molecule has 2 unspecified atom stereocenters. The van der Waals surface area contributed by atoms with Gasteiger partial charge in [0, 0.05) is 18.7 Å². The number of benzene rings is 2. The largest absolute Gasteiger partial charge is 0.497 e. The maximum Gasteiger partial charge on any atom is 0.119 e. The van der Waals surface area contributed by atoms with Crippen LogP contribution < -0.4 is 10.1 Å². The summed E-state index contributed by atoms with van der Waals surface area (Å²) < 4.78 is 5.37. The van der Waals surface area contributed by atoms with E-state index >= 15 is 0 Å². The van der Waals surface area contributed by atoms with E-state index in [2.05, 4.69) is 53.8 Å². The Balaban J connectivity index is 1.71. The Kier molecular flexibility index (Phi) is 5.89. The molecular weight excluding hydrogens is 298 g/mol. The molecule has 2 aromatic rings. The lowest BCUT2D eigenvalue weighted by Crippen LogP contribution is -2.37. The summed E-state index contributed by atoms with van der Waals surface area (Å²) in [6.07, 6.45) is 5.08. The third kappa shape index (κ3) is 4.16. The third-order valence-corrected chi connectivity index (χ3v) is 4.93. The number of fused-ring (bicyclic) bond motifs is 1. The number of methoxy groups -OCH3 is 1. The second-order valence-corrected chi connectivity index (χ2v) is 6.57. The molecule has 3 heteroatoms. The van der Waals surface area contributed by atoms with Crippen LogP contribution in [0.3, 0.4) is 0 Å². The Morgan fingerprint density at radius 2 is 2.00 bits per heavy atom. The van der Waals surface area contributed by atoms with Crippen LogP contribution in [0.1, 0.15) is 42.0 Å². The average Bonchev–Trinajstić information content (AvgIpc) is 2.65. The van der Waals surface area contributed by atoms with Crippen molar-refractivity contribution >= 4 is 0 Å². The monoisotopic (exact) mass is 325 g/mol. The number of aliphatic hydroxyl groups is 1. The molecule has 1 aliphatic carbocycles. The van der Waals surface area contributed by atoms with Gasteiger partial charge >= 0.3 is 0 Å². The molecule has 2 atom stereocenters. The van der Waals surface area contributed by atoms with E-state index in [1.165, 1.54) is 16.7 Å². The van der Waals surface area contributed by atoms with Crippen LogP contribution in [-0.2, 0) is 12.8 Å². The van der Waals surface area contributed by atoms with Gasteiger partial charge in [0.05, 0.1) is 7.11 Å². The Labute approximate surface area is 144 Å². The highest BCUT2D eigenvalue weighted by Crippen LogP contribution is 2.28. The van der Waals surface area contributed by atoms with Crippen molar-refractivity contribution in [2.24, 2.45) is 0 Å². The predicted molar refractivity (Wildman–Crippen MR) is 97.4 cm³/mol. The molecule has 0 spiro atoms. The molecule has 24 heavy (non-hydrogen) atoms. The van der Waals surface area contributed by atoms with Crippen LogP contribution in [0.25, 0.3) is 0 Å². The lowest BCUT2D eigenvalue weighted by Gasteiger charge is -2.30. The molecule has 0 bridgehead atoms. The Hall–Kier alpha value is -1.84. The van der Waals surface area contributed by atoms with Gasteiger partial charge in [-0.2, -0.15) is 0 Å². The molecule has 2 N–H and O–H groups in total. The normalized spacial score (nSPS) is 18.0. The Morgan fingerprint density at radius 1 is 1.17 bits per heavy atom. The van der Waals surface area contributed by atoms with Gasteiger partial charge in [0.25, 0.3) is 0 Å². The smallest absolute Gasteiger partial charge is 0.119 e. The average molecular weight is 325 g/mol. The zero-order valence-corrected chi connectivity index (χ0v) is 14.4. The maximum absolute atomic E-state index is 9.21. The van der Waals surface area contributed by atoms with E-state index in [1.807, 2.05) is 0 Å². The Bertz CT molecular complexity index is 642. The predicted octanol–water partition coefficient (Wildman–Crippen LogP) is 3.66. The quantitative estimate of drug-likeness (QED) is 0.816. The minimum atomic E-state index is 0.246. The fourth-order valence-electron chi connectivity index (χ4n) is 3.61. The van der Waals surface area contributed by atoms with Gasteiger partial charge in [-0.05, 0) is 60.9 Å². The molecule has 128 valence electrons. The zero-order valence-electron chi connectivity index (χ0n) is 14.4. The molecular formula is C21H27NO2. The van der Waals surface area contributed by atoms with Crippen molar-refractivity contribution in [2.45, 2.75) is 44.2 Å². The molecule has 0 fully saturated rings. The summed E-state index contributed by atoms with van der Waals surface area (Å²) in [6.45, 7) is 0.246. The summed E-state index contributed by atoms with van der Waals surface area (Å²) >= 11 is 0. The van der Waals surface area contributed by atoms with Gasteiger partial charge in [0.15, 0.2) is 0 Å². The second kappa shape index (κ2) is 8.32. The van der Waals surface area contributed by atoms with E-state index < -0.39 is 0 Å². The fraction of sp³-hybridized carbons (Fsp3) is 0.429. The van der Waals surface area contributed by atoms with Crippen LogP contribution in [-0.4, -0.2) is 24.9 Å². The summed E-state index contributed by atoms with van der Waals surface area (Å²) in [4.78, 5) is 0. The molecule has 2 aromatic carbocycles. The fourth-order valence-corrected chi connectivity index (χ4v) is 3.61. The van der Waals surface area contributed by atoms with Crippen LogP contribution in [0.5, 0.6) is 5.75 Å². The van der Waals surface area contributed by atoms with Gasteiger partial charge < -0.3 is 15.2 Å². The minimum Gasteiger partial charge on any atom is -0.497 e. The first-order valence-corrected chi connectivity index (χ1v) is 8.88. The summed E-state index contributed by atoms with van der Waals surface area (Å²) in [5.74, 6) is 0.939. The van der Waals surface area contributed by atoms with Crippen LogP contribution in [0, 0.1) is 0 Å². The van der Waals surface area contributed by atoms with Crippen molar-refractivity contribution in [3.63, 3.8) is 0 Å². The van der Waals surface area contributed by atoms with E-state index in [0.717, 1.165) is 37.9 Å². The molecule has 0 saturated carbocycles. The molecule has 3 nitrogen and oxygen atoms in total. The van der Waals surface area contributed by atoms with Crippen molar-refractivity contribution < 1.29 is 9.84 Å². The highest BCUT2D eigenvalue weighted by atomic mass is 16.5. The lowest BCUT2D eigenvalue weighted by atomic mass is 9.87. The van der Waals surface area contributed by atoms with Crippen molar-refractivity contribution in [3.05, 3.63) is 65.2 Å². The first kappa shape index (κ1) is 17.0.